The summed E-state index contributed by atoms with van der Waals surface area (Å²) < 4.78 is 6.52. The summed E-state index contributed by atoms with van der Waals surface area (Å²) >= 11 is 0. The summed E-state index contributed by atoms with van der Waals surface area (Å²) in [6, 6.07) is 4.85. The van der Waals surface area contributed by atoms with Crippen molar-refractivity contribution in [2.75, 3.05) is 13.7 Å². The van der Waals surface area contributed by atoms with Gasteiger partial charge in [0.2, 0.25) is 0 Å². The van der Waals surface area contributed by atoms with Gasteiger partial charge in [-0.3, -0.25) is 4.79 Å². The van der Waals surface area contributed by atoms with Gasteiger partial charge in [0, 0.05) is 17.5 Å². The number of ether oxygens (including phenoxy) is 1. The predicted molar refractivity (Wildman–Crippen MR) is 73.5 cm³/mol. The molecule has 0 aliphatic carbocycles. The van der Waals surface area contributed by atoms with E-state index >= 15 is 0 Å². The minimum absolute atomic E-state index is 0.0956. The van der Waals surface area contributed by atoms with Crippen LogP contribution in [0.1, 0.15) is 16.1 Å². The summed E-state index contributed by atoms with van der Waals surface area (Å²) in [6.07, 6.45) is 0. The fourth-order valence-corrected chi connectivity index (χ4v) is 2.30. The first kappa shape index (κ1) is 14.1. The van der Waals surface area contributed by atoms with E-state index in [4.69, 9.17) is 9.84 Å². The second-order valence-electron chi connectivity index (χ2n) is 4.37. The molecule has 106 valence electrons. The number of nitrogens with zero attached hydrogens (tertiary/aromatic N) is 1. The van der Waals surface area contributed by atoms with Crippen molar-refractivity contribution < 1.29 is 19.7 Å². The first-order valence-electron chi connectivity index (χ1n) is 6.06. The summed E-state index contributed by atoms with van der Waals surface area (Å²) in [6.45, 7) is 1.36. The molecule has 2 N–H and O–H groups in total. The highest BCUT2D eigenvalue weighted by Crippen LogP contribution is 2.21. The monoisotopic (exact) mass is 277 g/mol. The number of pyridine rings is 1. The first-order chi connectivity index (χ1) is 9.51. The van der Waals surface area contributed by atoms with Crippen molar-refractivity contribution >= 4 is 16.9 Å². The maximum Gasteiger partial charge on any atom is 0.352 e. The Morgan fingerprint density at radius 3 is 2.65 bits per heavy atom. The lowest BCUT2D eigenvalue weighted by molar-refractivity contribution is 0.0682. The predicted octanol–water partition coefficient (Wildman–Crippen LogP) is 1.01. The zero-order valence-corrected chi connectivity index (χ0v) is 11.2. The van der Waals surface area contributed by atoms with Crippen molar-refractivity contribution in [2.45, 2.75) is 13.5 Å². The number of carbonyl (C=O) groups is 1. The van der Waals surface area contributed by atoms with Gasteiger partial charge in [0.05, 0.1) is 19.2 Å². The van der Waals surface area contributed by atoms with Crippen molar-refractivity contribution in [2.24, 2.45) is 0 Å². The molecule has 1 aromatic carbocycles. The maximum atomic E-state index is 12.3. The lowest BCUT2D eigenvalue weighted by Gasteiger charge is -2.16. The summed E-state index contributed by atoms with van der Waals surface area (Å²) in [7, 11) is 1.49. The fraction of sp³-hybridized carbons (Fsp3) is 0.286. The van der Waals surface area contributed by atoms with E-state index in [0.717, 1.165) is 0 Å². The van der Waals surface area contributed by atoms with E-state index < -0.39 is 5.97 Å². The zero-order chi connectivity index (χ0) is 14.9. The van der Waals surface area contributed by atoms with Gasteiger partial charge in [0.1, 0.15) is 11.4 Å². The number of aliphatic hydroxyl groups is 1. The number of carboxylic acids is 1. The number of hydrogen-bond donors (Lipinski definition) is 2. The van der Waals surface area contributed by atoms with E-state index in [1.54, 1.807) is 18.2 Å². The molecule has 0 spiro atoms. The first-order valence-corrected chi connectivity index (χ1v) is 6.06. The molecule has 0 atom stereocenters. The Bertz CT molecular complexity index is 732. The van der Waals surface area contributed by atoms with Crippen LogP contribution in [0.3, 0.4) is 0 Å². The molecule has 6 heteroatoms. The number of benzene rings is 1. The van der Waals surface area contributed by atoms with Crippen LogP contribution < -0.4 is 10.2 Å². The van der Waals surface area contributed by atoms with Gasteiger partial charge in [-0.2, -0.15) is 0 Å². The molecule has 0 aliphatic heterocycles. The largest absolute Gasteiger partial charge is 0.497 e. The molecule has 0 saturated carbocycles. The van der Waals surface area contributed by atoms with Crippen molar-refractivity contribution in [3.63, 3.8) is 0 Å². The average Bonchev–Trinajstić information content (AvgIpc) is 2.43. The highest BCUT2D eigenvalue weighted by molar-refractivity contribution is 5.92. The summed E-state index contributed by atoms with van der Waals surface area (Å²) in [5, 5.41) is 18.8. The molecule has 1 heterocycles. The highest BCUT2D eigenvalue weighted by atomic mass is 16.5. The number of rotatable bonds is 4. The van der Waals surface area contributed by atoms with Crippen molar-refractivity contribution in [1.82, 2.24) is 4.57 Å². The Morgan fingerprint density at radius 1 is 1.40 bits per heavy atom. The molecule has 0 unspecified atom stereocenters. The van der Waals surface area contributed by atoms with Crippen molar-refractivity contribution in [1.29, 1.82) is 0 Å². The average molecular weight is 277 g/mol. The number of aliphatic hydroxyl groups excluding tert-OH is 1. The molecule has 20 heavy (non-hydrogen) atoms. The molecule has 1 aromatic heterocycles. The van der Waals surface area contributed by atoms with Gasteiger partial charge in [0.15, 0.2) is 5.43 Å². The molecule has 0 amide bonds. The number of methoxy groups -OCH3 is 1. The molecule has 0 aliphatic rings. The van der Waals surface area contributed by atoms with E-state index in [0.29, 0.717) is 16.7 Å². The van der Waals surface area contributed by atoms with Crippen LogP contribution >= 0.6 is 0 Å². The molecule has 0 radical (unpaired) electrons. The van der Waals surface area contributed by atoms with Crippen LogP contribution in [-0.4, -0.2) is 34.5 Å². The van der Waals surface area contributed by atoms with Gasteiger partial charge in [-0.15, -0.1) is 0 Å². The number of aromatic nitrogens is 1. The molecule has 6 nitrogen and oxygen atoms in total. The molecule has 2 aromatic rings. The third kappa shape index (κ3) is 2.14. The van der Waals surface area contributed by atoms with Crippen LogP contribution in [0.15, 0.2) is 23.0 Å². The SMILES string of the molecule is COc1ccc2c(c1)c(=O)c(C)c(C(=O)O)n2CCO. The lowest BCUT2D eigenvalue weighted by atomic mass is 10.1. The van der Waals surface area contributed by atoms with Gasteiger partial charge >= 0.3 is 5.97 Å². The van der Waals surface area contributed by atoms with Crippen LogP contribution in [0.25, 0.3) is 10.9 Å². The Kier molecular flexibility index (Phi) is 3.76. The van der Waals surface area contributed by atoms with Gasteiger partial charge in [-0.25, -0.2) is 4.79 Å². The fourth-order valence-electron chi connectivity index (χ4n) is 2.30. The summed E-state index contributed by atoms with van der Waals surface area (Å²) in [4.78, 5) is 23.7. The van der Waals surface area contributed by atoms with Crippen LogP contribution in [0.5, 0.6) is 5.75 Å². The smallest absolute Gasteiger partial charge is 0.352 e. The molecule has 2 rings (SSSR count). The topological polar surface area (TPSA) is 88.8 Å². The molecule has 0 bridgehead atoms. The van der Waals surface area contributed by atoms with Gasteiger partial charge in [0.25, 0.3) is 0 Å². The minimum Gasteiger partial charge on any atom is -0.497 e. The van der Waals surface area contributed by atoms with Gasteiger partial charge < -0.3 is 19.5 Å². The van der Waals surface area contributed by atoms with Crippen LogP contribution in [-0.2, 0) is 6.54 Å². The van der Waals surface area contributed by atoms with E-state index in [1.165, 1.54) is 18.6 Å². The molecular weight excluding hydrogens is 262 g/mol. The van der Waals surface area contributed by atoms with Crippen molar-refractivity contribution in [3.05, 3.63) is 39.7 Å². The second-order valence-corrected chi connectivity index (χ2v) is 4.37. The quantitative estimate of drug-likeness (QED) is 0.870. The van der Waals surface area contributed by atoms with E-state index in [1.807, 2.05) is 0 Å². The minimum atomic E-state index is -1.19. The molecule has 0 saturated heterocycles. The summed E-state index contributed by atoms with van der Waals surface area (Å²) in [5.74, 6) is -0.668. The number of hydrogen-bond acceptors (Lipinski definition) is 4. The van der Waals surface area contributed by atoms with E-state index in [-0.39, 0.29) is 29.8 Å². The lowest BCUT2D eigenvalue weighted by Crippen LogP contribution is -2.23. The van der Waals surface area contributed by atoms with Crippen LogP contribution in [0.4, 0.5) is 0 Å². The Labute approximate surface area is 114 Å². The second kappa shape index (κ2) is 5.34. The third-order valence-electron chi connectivity index (χ3n) is 3.23. The number of aromatic carboxylic acids is 1. The van der Waals surface area contributed by atoms with Crippen LogP contribution in [0, 0.1) is 6.92 Å². The normalized spacial score (nSPS) is 10.8. The third-order valence-corrected chi connectivity index (χ3v) is 3.23. The van der Waals surface area contributed by atoms with E-state index in [2.05, 4.69) is 0 Å². The highest BCUT2D eigenvalue weighted by Gasteiger charge is 2.19. The number of fused-ring (bicyclic) bond motifs is 1. The van der Waals surface area contributed by atoms with Crippen molar-refractivity contribution in [3.8, 4) is 5.75 Å². The number of carboxylic acid groups (broad SMARTS) is 1. The Balaban J connectivity index is 2.95. The standard InChI is InChI=1S/C14H15NO5/c1-8-12(14(18)19)15(5-6-16)11-4-3-9(20-2)7-10(11)13(8)17/h3-4,7,16H,5-6H2,1-2H3,(H,18,19). The zero-order valence-electron chi connectivity index (χ0n) is 11.2. The Morgan fingerprint density at radius 2 is 2.10 bits per heavy atom. The summed E-state index contributed by atoms with van der Waals surface area (Å²) in [5.41, 5.74) is 0.173. The van der Waals surface area contributed by atoms with Gasteiger partial charge in [-0.05, 0) is 25.1 Å². The maximum absolute atomic E-state index is 12.3. The van der Waals surface area contributed by atoms with E-state index in [9.17, 15) is 14.7 Å². The molecule has 0 fully saturated rings. The Hall–Kier alpha value is -2.34. The molecular formula is C14H15NO5. The van der Waals surface area contributed by atoms with Gasteiger partial charge in [-0.1, -0.05) is 0 Å². The van der Waals surface area contributed by atoms with Crippen LogP contribution in [0.2, 0.25) is 0 Å².